The molecule has 1 aromatic rings. The van der Waals surface area contributed by atoms with Crippen molar-refractivity contribution in [1.29, 1.82) is 0 Å². The largest absolute Gasteiger partial charge is 0.283 e. The lowest BCUT2D eigenvalue weighted by Gasteiger charge is -2.44. The monoisotopic (exact) mass is 415 g/mol. The Labute approximate surface area is 149 Å². The number of fused-ring (bicyclic) bond motifs is 1. The number of benzene rings is 1. The van der Waals surface area contributed by atoms with Gasteiger partial charge in [0.2, 0.25) is 10.0 Å². The Morgan fingerprint density at radius 3 is 2.48 bits per heavy atom. The molecule has 128 valence electrons. The lowest BCUT2D eigenvalue weighted by atomic mass is 9.71. The molecule has 1 heterocycles. The van der Waals surface area contributed by atoms with Gasteiger partial charge in [-0.1, -0.05) is 60.9 Å². The Morgan fingerprint density at radius 1 is 1.22 bits per heavy atom. The summed E-state index contributed by atoms with van der Waals surface area (Å²) in [7, 11) is -4.73. The normalized spacial score (nSPS) is 25.7. The first kappa shape index (κ1) is 17.5. The van der Waals surface area contributed by atoms with E-state index in [1.54, 1.807) is 0 Å². The van der Waals surface area contributed by atoms with Crippen molar-refractivity contribution in [3.63, 3.8) is 0 Å². The minimum Gasteiger partial charge on any atom is -0.283 e. The second-order valence-corrected chi connectivity index (χ2v) is 16.6. The molecule has 0 amide bonds. The molecular weight excluding hydrogens is 390 g/mol. The van der Waals surface area contributed by atoms with Crippen molar-refractivity contribution < 1.29 is 8.42 Å². The number of hydrogen-bond donors (Lipinski definition) is 1. The van der Waals surface area contributed by atoms with Crippen LogP contribution in [-0.2, 0) is 10.0 Å². The first-order valence-corrected chi connectivity index (χ1v) is 14.5. The maximum absolute atomic E-state index is 13.0. The van der Waals surface area contributed by atoms with E-state index in [1.807, 2.05) is 18.2 Å². The summed E-state index contributed by atoms with van der Waals surface area (Å²) >= 11 is 3.52. The minimum atomic E-state index is -3.34. The van der Waals surface area contributed by atoms with Crippen LogP contribution in [0.5, 0.6) is 0 Å². The molecule has 1 unspecified atom stereocenters. The van der Waals surface area contributed by atoms with Crippen LogP contribution in [0.2, 0.25) is 25.7 Å². The summed E-state index contributed by atoms with van der Waals surface area (Å²) in [6, 6.07) is 6.90. The van der Waals surface area contributed by atoms with Gasteiger partial charge in [-0.15, -0.1) is 0 Å². The average Bonchev–Trinajstić information content (AvgIpc) is 2.67. The van der Waals surface area contributed by atoms with Crippen LogP contribution in [-0.4, -0.2) is 16.5 Å². The molecule has 3 nitrogen and oxygen atoms in total. The Hall–Kier alpha value is -0.333. The summed E-state index contributed by atoms with van der Waals surface area (Å²) in [5.74, 6) is 0. The highest BCUT2D eigenvalue weighted by atomic mass is 79.9. The van der Waals surface area contributed by atoms with E-state index in [1.165, 1.54) is 6.42 Å². The van der Waals surface area contributed by atoms with Crippen LogP contribution in [0, 0.1) is 5.41 Å². The molecule has 6 heteroatoms. The van der Waals surface area contributed by atoms with Gasteiger partial charge in [0.05, 0.1) is 5.69 Å². The second-order valence-electron chi connectivity index (χ2n) is 8.42. The number of anilines is 1. The van der Waals surface area contributed by atoms with E-state index in [4.69, 9.17) is 0 Å². The predicted molar refractivity (Wildman–Crippen MR) is 103 cm³/mol. The van der Waals surface area contributed by atoms with E-state index < -0.39 is 23.3 Å². The molecule has 0 aromatic heterocycles. The molecule has 0 bridgehead atoms. The van der Waals surface area contributed by atoms with Gasteiger partial charge in [-0.05, 0) is 42.0 Å². The molecule has 1 saturated carbocycles. The van der Waals surface area contributed by atoms with Crippen LogP contribution in [0.1, 0.15) is 42.9 Å². The predicted octanol–water partition coefficient (Wildman–Crippen LogP) is 5.53. The number of nitrogens with one attached hydrogen (secondary N) is 1. The third-order valence-electron chi connectivity index (χ3n) is 5.15. The zero-order chi connectivity index (χ0) is 16.9. The van der Waals surface area contributed by atoms with Gasteiger partial charge in [-0.25, -0.2) is 8.42 Å². The zero-order valence-electron chi connectivity index (χ0n) is 14.2. The first-order valence-electron chi connectivity index (χ1n) is 8.44. The van der Waals surface area contributed by atoms with E-state index in [2.05, 4.69) is 40.3 Å². The van der Waals surface area contributed by atoms with Crippen molar-refractivity contribution >= 4 is 39.7 Å². The van der Waals surface area contributed by atoms with Crippen LogP contribution in [0.25, 0.3) is 0 Å². The summed E-state index contributed by atoms with van der Waals surface area (Å²) < 4.78 is 29.8. The van der Waals surface area contributed by atoms with Crippen molar-refractivity contribution in [3.8, 4) is 0 Å². The lowest BCUT2D eigenvalue weighted by molar-refractivity contribution is 0.203. The van der Waals surface area contributed by atoms with Gasteiger partial charge in [0.15, 0.2) is 0 Å². The summed E-state index contributed by atoms with van der Waals surface area (Å²) in [5.41, 5.74) is 1.65. The topological polar surface area (TPSA) is 46.2 Å². The maximum Gasteiger partial charge on any atom is 0.240 e. The summed E-state index contributed by atoms with van der Waals surface area (Å²) in [6.07, 6.45) is 5.61. The molecule has 1 aromatic carbocycles. The molecule has 2 aliphatic rings. The van der Waals surface area contributed by atoms with Crippen molar-refractivity contribution in [2.24, 2.45) is 5.41 Å². The van der Waals surface area contributed by atoms with Gasteiger partial charge < -0.3 is 0 Å². The highest BCUT2D eigenvalue weighted by Gasteiger charge is 2.52. The Bertz CT molecular complexity index is 706. The molecule has 0 saturated heterocycles. The number of halogens is 1. The molecule has 3 rings (SSSR count). The Balaban J connectivity index is 2.13. The third kappa shape index (κ3) is 3.40. The Morgan fingerprint density at radius 2 is 1.87 bits per heavy atom. The van der Waals surface area contributed by atoms with Gasteiger partial charge in [-0.3, -0.25) is 4.72 Å². The average molecular weight is 416 g/mol. The Kier molecular flexibility index (Phi) is 4.47. The fourth-order valence-corrected chi connectivity index (χ4v) is 10.0. The fraction of sp³-hybridized carbons (Fsp3) is 0.647. The van der Waals surface area contributed by atoms with Crippen molar-refractivity contribution in [2.45, 2.75) is 63.0 Å². The SMILES string of the molecule is C[Si](C)(C)CC1(C2c3cc(Br)ccc3NS2(=O)=O)CCCCC1. The molecule has 23 heavy (non-hydrogen) atoms. The molecule has 1 atom stereocenters. The molecule has 1 aliphatic carbocycles. The van der Waals surface area contributed by atoms with Gasteiger partial charge in [-0.2, -0.15) is 0 Å². The van der Waals surface area contributed by atoms with Gasteiger partial charge in [0, 0.05) is 12.5 Å². The van der Waals surface area contributed by atoms with E-state index >= 15 is 0 Å². The highest BCUT2D eigenvalue weighted by Crippen LogP contribution is 2.58. The fourth-order valence-electron chi connectivity index (χ4n) is 4.73. The smallest absolute Gasteiger partial charge is 0.240 e. The molecule has 1 fully saturated rings. The van der Waals surface area contributed by atoms with Crippen LogP contribution in [0.4, 0.5) is 5.69 Å². The second kappa shape index (κ2) is 5.88. The summed E-state index contributed by atoms with van der Waals surface area (Å²) in [4.78, 5) is 0. The van der Waals surface area contributed by atoms with Crippen molar-refractivity contribution in [1.82, 2.24) is 0 Å². The lowest BCUT2D eigenvalue weighted by Crippen LogP contribution is -2.41. The zero-order valence-corrected chi connectivity index (χ0v) is 17.6. The molecule has 1 N–H and O–H groups in total. The van der Waals surface area contributed by atoms with Gasteiger partial charge in [0.25, 0.3) is 0 Å². The van der Waals surface area contributed by atoms with E-state index in [-0.39, 0.29) is 5.41 Å². The van der Waals surface area contributed by atoms with E-state index in [9.17, 15) is 8.42 Å². The van der Waals surface area contributed by atoms with Gasteiger partial charge in [0.1, 0.15) is 5.25 Å². The van der Waals surface area contributed by atoms with Crippen molar-refractivity contribution in [3.05, 3.63) is 28.2 Å². The number of hydrogen-bond acceptors (Lipinski definition) is 2. The number of sulfonamides is 1. The summed E-state index contributed by atoms with van der Waals surface area (Å²) in [6.45, 7) is 7.08. The molecule has 1 aliphatic heterocycles. The van der Waals surface area contributed by atoms with Gasteiger partial charge >= 0.3 is 0 Å². The van der Waals surface area contributed by atoms with Crippen LogP contribution >= 0.6 is 15.9 Å². The third-order valence-corrected chi connectivity index (χ3v) is 9.28. The minimum absolute atomic E-state index is 0.0966. The van der Waals surface area contributed by atoms with Crippen LogP contribution in [0.3, 0.4) is 0 Å². The van der Waals surface area contributed by atoms with Crippen LogP contribution in [0.15, 0.2) is 22.7 Å². The molecule has 0 radical (unpaired) electrons. The highest BCUT2D eigenvalue weighted by molar-refractivity contribution is 9.10. The van der Waals surface area contributed by atoms with E-state index in [0.717, 1.165) is 47.5 Å². The van der Waals surface area contributed by atoms with Crippen LogP contribution < -0.4 is 4.72 Å². The van der Waals surface area contributed by atoms with E-state index in [0.29, 0.717) is 0 Å². The molecular formula is C17H26BrNO2SSi. The quantitative estimate of drug-likeness (QED) is 0.658. The molecule has 0 spiro atoms. The van der Waals surface area contributed by atoms with Crippen molar-refractivity contribution in [2.75, 3.05) is 4.72 Å². The maximum atomic E-state index is 13.0. The number of rotatable bonds is 3. The standard InChI is InChI=1S/C17H26BrNO2SSi/c1-23(2,3)12-17(9-5-4-6-10-17)16-14-11-13(18)7-8-15(14)19-22(16,20)21/h7-8,11,16,19H,4-6,9-10,12H2,1-3H3. The summed E-state index contributed by atoms with van der Waals surface area (Å²) in [5, 5.41) is -0.394. The first-order chi connectivity index (χ1) is 10.6.